The molecule has 0 bridgehead atoms. The molecule has 0 aromatic carbocycles. The molecule has 1 heterocycles. The molecule has 1 aliphatic heterocycles. The van der Waals surface area contributed by atoms with Gasteiger partial charge < -0.3 is 10.1 Å². The van der Waals surface area contributed by atoms with Crippen molar-refractivity contribution < 1.29 is 4.74 Å². The number of thioether (sulfide) groups is 1. The molecule has 0 saturated carbocycles. The first-order valence-electron chi connectivity index (χ1n) is 6.17. The first-order valence-corrected chi connectivity index (χ1v) is 7.16. The Kier molecular flexibility index (Phi) is 6.21. The highest BCUT2D eigenvalue weighted by atomic mass is 32.2. The maximum atomic E-state index is 5.48. The highest BCUT2D eigenvalue weighted by Crippen LogP contribution is 2.21. The summed E-state index contributed by atoms with van der Waals surface area (Å²) in [5, 5.41) is 4.51. The molecule has 0 aliphatic carbocycles. The Balaban J connectivity index is 2.00. The molecule has 1 rings (SSSR count). The van der Waals surface area contributed by atoms with Gasteiger partial charge in [-0.15, -0.1) is 0 Å². The van der Waals surface area contributed by atoms with E-state index in [0.29, 0.717) is 0 Å². The molecule has 1 aliphatic rings. The van der Waals surface area contributed by atoms with Crippen LogP contribution in [0.1, 0.15) is 40.0 Å². The summed E-state index contributed by atoms with van der Waals surface area (Å²) in [6, 6.07) is 0. The molecule has 0 radical (unpaired) electrons. The first kappa shape index (κ1) is 13.8. The van der Waals surface area contributed by atoms with E-state index in [1.807, 2.05) is 11.8 Å². The second-order valence-corrected chi connectivity index (χ2v) is 5.77. The Morgan fingerprint density at radius 2 is 2.12 bits per heavy atom. The van der Waals surface area contributed by atoms with Crippen LogP contribution in [0.25, 0.3) is 0 Å². The Bertz CT molecular complexity index is 229. The van der Waals surface area contributed by atoms with Gasteiger partial charge in [0.25, 0.3) is 0 Å². The lowest BCUT2D eigenvalue weighted by molar-refractivity contribution is 0.130. The smallest absolute Gasteiger partial charge is 0.157 e. The van der Waals surface area contributed by atoms with E-state index in [1.54, 1.807) is 0 Å². The lowest BCUT2D eigenvalue weighted by Crippen LogP contribution is -2.36. The quantitative estimate of drug-likeness (QED) is 0.699. The van der Waals surface area contributed by atoms with Gasteiger partial charge in [-0.05, 0) is 26.7 Å². The van der Waals surface area contributed by atoms with E-state index in [-0.39, 0.29) is 5.54 Å². The lowest BCUT2D eigenvalue weighted by Gasteiger charge is -2.15. The molecule has 1 saturated heterocycles. The molecule has 4 heteroatoms. The SMILES string of the molecule is CCCCOCCCN=C1NC(C)(C)CS1. The third kappa shape index (κ3) is 5.75. The summed E-state index contributed by atoms with van der Waals surface area (Å²) < 4.78 is 5.48. The first-order chi connectivity index (χ1) is 7.64. The van der Waals surface area contributed by atoms with Gasteiger partial charge in [0.2, 0.25) is 0 Å². The molecule has 0 spiro atoms. The van der Waals surface area contributed by atoms with E-state index in [1.165, 1.54) is 12.8 Å². The summed E-state index contributed by atoms with van der Waals surface area (Å²) in [5.41, 5.74) is 0.209. The van der Waals surface area contributed by atoms with Crippen molar-refractivity contribution in [3.63, 3.8) is 0 Å². The van der Waals surface area contributed by atoms with Gasteiger partial charge in [-0.25, -0.2) is 0 Å². The van der Waals surface area contributed by atoms with Gasteiger partial charge in [-0.3, -0.25) is 4.99 Å². The van der Waals surface area contributed by atoms with Crippen molar-refractivity contribution >= 4 is 16.9 Å². The molecule has 3 nitrogen and oxygen atoms in total. The highest BCUT2D eigenvalue weighted by Gasteiger charge is 2.26. The van der Waals surface area contributed by atoms with Crippen LogP contribution >= 0.6 is 11.8 Å². The van der Waals surface area contributed by atoms with Gasteiger partial charge in [-0.1, -0.05) is 25.1 Å². The largest absolute Gasteiger partial charge is 0.381 e. The van der Waals surface area contributed by atoms with Gasteiger partial charge in [0.15, 0.2) is 5.17 Å². The van der Waals surface area contributed by atoms with Crippen LogP contribution in [-0.4, -0.2) is 36.2 Å². The summed E-state index contributed by atoms with van der Waals surface area (Å²) in [5.74, 6) is 1.11. The van der Waals surface area contributed by atoms with Gasteiger partial charge in [0, 0.05) is 31.1 Å². The van der Waals surface area contributed by atoms with Crippen molar-refractivity contribution in [2.75, 3.05) is 25.5 Å². The van der Waals surface area contributed by atoms with E-state index in [4.69, 9.17) is 4.74 Å². The van der Waals surface area contributed by atoms with Crippen molar-refractivity contribution in [1.82, 2.24) is 5.32 Å². The van der Waals surface area contributed by atoms with E-state index in [9.17, 15) is 0 Å². The molecule has 1 N–H and O–H groups in total. The zero-order chi connectivity index (χ0) is 11.9. The number of nitrogens with zero attached hydrogens (tertiary/aromatic N) is 1. The normalized spacial score (nSPS) is 21.3. The maximum Gasteiger partial charge on any atom is 0.157 e. The monoisotopic (exact) mass is 244 g/mol. The minimum atomic E-state index is 0.209. The minimum Gasteiger partial charge on any atom is -0.381 e. The van der Waals surface area contributed by atoms with Crippen LogP contribution < -0.4 is 5.32 Å². The standard InChI is InChI=1S/C12H24N2OS/c1-4-5-8-15-9-6-7-13-11-14-12(2,3)10-16-11/h4-10H2,1-3H3,(H,13,14). The van der Waals surface area contributed by atoms with Gasteiger partial charge in [0.05, 0.1) is 0 Å². The number of hydrogen-bond donors (Lipinski definition) is 1. The van der Waals surface area contributed by atoms with E-state index < -0.39 is 0 Å². The third-order valence-corrected chi connectivity index (χ3v) is 3.73. The number of ether oxygens (including phenoxy) is 1. The Morgan fingerprint density at radius 1 is 1.38 bits per heavy atom. The Morgan fingerprint density at radius 3 is 2.75 bits per heavy atom. The van der Waals surface area contributed by atoms with Crippen LogP contribution in [0.5, 0.6) is 0 Å². The average Bonchev–Trinajstić information content (AvgIpc) is 2.57. The molecule has 94 valence electrons. The molecule has 0 amide bonds. The topological polar surface area (TPSA) is 33.6 Å². The van der Waals surface area contributed by atoms with Crippen LogP contribution in [0.4, 0.5) is 0 Å². The molecule has 16 heavy (non-hydrogen) atoms. The predicted molar refractivity (Wildman–Crippen MR) is 72.3 cm³/mol. The van der Waals surface area contributed by atoms with Crippen molar-refractivity contribution in [1.29, 1.82) is 0 Å². The lowest BCUT2D eigenvalue weighted by atomic mass is 10.1. The van der Waals surface area contributed by atoms with Gasteiger partial charge in [-0.2, -0.15) is 0 Å². The van der Waals surface area contributed by atoms with Crippen LogP contribution in [0.15, 0.2) is 4.99 Å². The van der Waals surface area contributed by atoms with Crippen molar-refractivity contribution in [2.45, 2.75) is 45.6 Å². The molecular weight excluding hydrogens is 220 g/mol. The predicted octanol–water partition coefficient (Wildman–Crippen LogP) is 2.66. The summed E-state index contributed by atoms with van der Waals surface area (Å²) >= 11 is 1.82. The number of amidine groups is 1. The van der Waals surface area contributed by atoms with E-state index >= 15 is 0 Å². The van der Waals surface area contributed by atoms with Gasteiger partial charge >= 0.3 is 0 Å². The fourth-order valence-electron chi connectivity index (χ4n) is 1.39. The Labute approximate surface area is 103 Å². The molecular formula is C12H24N2OS. The van der Waals surface area contributed by atoms with Crippen LogP contribution in [0.3, 0.4) is 0 Å². The molecule has 0 atom stereocenters. The number of rotatable bonds is 7. The molecule has 0 unspecified atom stereocenters. The summed E-state index contributed by atoms with van der Waals surface area (Å²) in [4.78, 5) is 4.53. The molecule has 0 aromatic rings. The van der Waals surface area contributed by atoms with Crippen molar-refractivity contribution in [3.05, 3.63) is 0 Å². The second kappa shape index (κ2) is 7.17. The fraction of sp³-hybridized carbons (Fsp3) is 0.917. The van der Waals surface area contributed by atoms with E-state index in [2.05, 4.69) is 31.1 Å². The zero-order valence-corrected chi connectivity index (χ0v) is 11.5. The fourth-order valence-corrected chi connectivity index (χ4v) is 2.49. The number of hydrogen-bond acceptors (Lipinski definition) is 3. The number of unbranched alkanes of at least 4 members (excludes halogenated alkanes) is 1. The highest BCUT2D eigenvalue weighted by molar-refractivity contribution is 8.14. The number of nitrogens with one attached hydrogen (secondary N) is 1. The van der Waals surface area contributed by atoms with Crippen molar-refractivity contribution in [3.8, 4) is 0 Å². The van der Waals surface area contributed by atoms with Crippen LogP contribution in [0, 0.1) is 0 Å². The van der Waals surface area contributed by atoms with Gasteiger partial charge in [0.1, 0.15) is 0 Å². The number of aliphatic imine (C=N–C) groups is 1. The summed E-state index contributed by atoms with van der Waals surface area (Å²) in [6.07, 6.45) is 3.40. The zero-order valence-electron chi connectivity index (χ0n) is 10.7. The Hall–Kier alpha value is -0.220. The summed E-state index contributed by atoms with van der Waals surface area (Å²) in [6.45, 7) is 9.20. The molecule has 1 fully saturated rings. The van der Waals surface area contributed by atoms with Crippen LogP contribution in [0.2, 0.25) is 0 Å². The molecule has 0 aromatic heterocycles. The minimum absolute atomic E-state index is 0.209. The van der Waals surface area contributed by atoms with Crippen LogP contribution in [-0.2, 0) is 4.74 Å². The third-order valence-electron chi connectivity index (χ3n) is 2.36. The summed E-state index contributed by atoms with van der Waals surface area (Å²) in [7, 11) is 0. The van der Waals surface area contributed by atoms with Crippen molar-refractivity contribution in [2.24, 2.45) is 4.99 Å². The van der Waals surface area contributed by atoms with E-state index in [0.717, 1.165) is 37.1 Å². The maximum absolute atomic E-state index is 5.48. The second-order valence-electron chi connectivity index (χ2n) is 4.80. The average molecular weight is 244 g/mol.